The van der Waals surface area contributed by atoms with Gasteiger partial charge in [0.1, 0.15) is 17.3 Å². The minimum atomic E-state index is -0.346. The molecule has 1 amide bonds. The quantitative estimate of drug-likeness (QED) is 0.550. The molecule has 1 atom stereocenters. The van der Waals surface area contributed by atoms with Crippen molar-refractivity contribution in [2.75, 3.05) is 26.3 Å². The van der Waals surface area contributed by atoms with E-state index in [4.69, 9.17) is 14.0 Å². The van der Waals surface area contributed by atoms with Gasteiger partial charge in [-0.1, -0.05) is 17.3 Å². The van der Waals surface area contributed by atoms with Crippen LogP contribution in [0.3, 0.4) is 0 Å². The van der Waals surface area contributed by atoms with E-state index in [0.29, 0.717) is 43.6 Å². The van der Waals surface area contributed by atoms with Crippen LogP contribution in [0.15, 0.2) is 53.1 Å². The van der Waals surface area contributed by atoms with Crippen molar-refractivity contribution >= 4 is 5.91 Å². The Balaban J connectivity index is 1.23. The van der Waals surface area contributed by atoms with Gasteiger partial charge in [0.25, 0.3) is 5.91 Å². The number of aryl methyl sites for hydroxylation is 1. The summed E-state index contributed by atoms with van der Waals surface area (Å²) in [4.78, 5) is 18.6. The summed E-state index contributed by atoms with van der Waals surface area (Å²) in [5, 5.41) is 4.04. The molecule has 2 heterocycles. The largest absolute Gasteiger partial charge is 0.493 e. The van der Waals surface area contributed by atoms with Crippen molar-refractivity contribution in [3.05, 3.63) is 71.6 Å². The van der Waals surface area contributed by atoms with Crippen molar-refractivity contribution in [3.8, 4) is 11.5 Å². The van der Waals surface area contributed by atoms with Gasteiger partial charge in [0, 0.05) is 19.5 Å². The first kappa shape index (κ1) is 20.8. The van der Waals surface area contributed by atoms with E-state index in [0.717, 1.165) is 17.7 Å². The molecule has 0 saturated carbocycles. The van der Waals surface area contributed by atoms with E-state index in [1.54, 1.807) is 4.90 Å². The average molecular weight is 425 g/mol. The summed E-state index contributed by atoms with van der Waals surface area (Å²) in [5.74, 6) is 1.94. The van der Waals surface area contributed by atoms with E-state index in [1.807, 2.05) is 31.2 Å². The highest BCUT2D eigenvalue weighted by atomic mass is 19.1. The monoisotopic (exact) mass is 425 g/mol. The van der Waals surface area contributed by atoms with E-state index in [2.05, 4.69) is 10.1 Å². The highest BCUT2D eigenvalue weighted by molar-refractivity contribution is 5.78. The third-order valence-corrected chi connectivity index (χ3v) is 5.13. The van der Waals surface area contributed by atoms with Gasteiger partial charge >= 0.3 is 0 Å². The van der Waals surface area contributed by atoms with Crippen molar-refractivity contribution < 1.29 is 23.2 Å². The molecule has 0 radical (unpaired) electrons. The molecule has 7 nitrogen and oxygen atoms in total. The normalized spacial score (nSPS) is 15.8. The van der Waals surface area contributed by atoms with Gasteiger partial charge in [-0.15, -0.1) is 0 Å². The molecule has 1 aromatic heterocycles. The summed E-state index contributed by atoms with van der Waals surface area (Å²) >= 11 is 0. The highest BCUT2D eigenvalue weighted by Crippen LogP contribution is 2.26. The number of amides is 1. The highest BCUT2D eigenvalue weighted by Gasteiger charge is 2.31. The number of aromatic nitrogens is 2. The summed E-state index contributed by atoms with van der Waals surface area (Å²) in [7, 11) is 0. The number of nitrogens with zero attached hydrogens (tertiary/aromatic N) is 3. The Morgan fingerprint density at radius 3 is 2.84 bits per heavy atom. The van der Waals surface area contributed by atoms with E-state index >= 15 is 0 Å². The van der Waals surface area contributed by atoms with Crippen LogP contribution in [0.5, 0.6) is 11.5 Å². The molecule has 1 aliphatic rings. The first-order valence-corrected chi connectivity index (χ1v) is 10.2. The van der Waals surface area contributed by atoms with Crippen LogP contribution in [0.25, 0.3) is 0 Å². The van der Waals surface area contributed by atoms with Crippen molar-refractivity contribution in [2.45, 2.75) is 25.7 Å². The Kier molecular flexibility index (Phi) is 6.45. The second-order valence-corrected chi connectivity index (χ2v) is 7.53. The summed E-state index contributed by atoms with van der Waals surface area (Å²) in [6, 6.07) is 13.5. The fraction of sp³-hybridized carbons (Fsp3) is 0.348. The molecule has 8 heteroatoms. The summed E-state index contributed by atoms with van der Waals surface area (Å²) < 4.78 is 29.5. The van der Waals surface area contributed by atoms with Gasteiger partial charge in [-0.25, -0.2) is 4.39 Å². The zero-order valence-corrected chi connectivity index (χ0v) is 17.3. The van der Waals surface area contributed by atoms with Gasteiger partial charge in [0.05, 0.1) is 12.5 Å². The lowest BCUT2D eigenvalue weighted by Gasteiger charge is -2.16. The Morgan fingerprint density at radius 2 is 2.03 bits per heavy atom. The molecule has 0 aliphatic carbocycles. The number of hydrogen-bond acceptors (Lipinski definition) is 6. The maximum absolute atomic E-state index is 12.9. The summed E-state index contributed by atoms with van der Waals surface area (Å²) in [5.41, 5.74) is 1.14. The van der Waals surface area contributed by atoms with Gasteiger partial charge < -0.3 is 18.9 Å². The molecule has 3 aromatic rings. The smallest absolute Gasteiger partial charge is 0.260 e. The number of carbonyl (C=O) groups is 1. The van der Waals surface area contributed by atoms with Gasteiger partial charge in [0.15, 0.2) is 12.4 Å². The molecule has 4 rings (SSSR count). The number of hydrogen-bond donors (Lipinski definition) is 0. The second-order valence-electron chi connectivity index (χ2n) is 7.53. The SMILES string of the molecule is Cc1cccc(OCCc2noc(C3CCN(C(=O)COc4ccc(F)cc4)C3)n2)c1. The first-order valence-electron chi connectivity index (χ1n) is 10.2. The number of likely N-dealkylation sites (tertiary alicyclic amines) is 1. The van der Waals surface area contributed by atoms with Crippen LogP contribution in [-0.2, 0) is 11.2 Å². The molecule has 0 N–H and O–H groups in total. The van der Waals surface area contributed by atoms with Gasteiger partial charge in [-0.3, -0.25) is 4.79 Å². The lowest BCUT2D eigenvalue weighted by atomic mass is 10.1. The maximum atomic E-state index is 12.9. The standard InChI is InChI=1S/C23H24FN3O4/c1-16-3-2-4-20(13-16)29-12-10-21-25-23(31-26-21)17-9-11-27(14-17)22(28)15-30-19-7-5-18(24)6-8-19/h2-8,13,17H,9-12,14-15H2,1H3. The molecule has 31 heavy (non-hydrogen) atoms. The number of benzene rings is 2. The number of rotatable bonds is 8. The van der Waals surface area contributed by atoms with Crippen molar-refractivity contribution in [3.63, 3.8) is 0 Å². The van der Waals surface area contributed by atoms with Crippen LogP contribution in [0.2, 0.25) is 0 Å². The van der Waals surface area contributed by atoms with Crippen LogP contribution in [0.1, 0.15) is 29.6 Å². The summed E-state index contributed by atoms with van der Waals surface area (Å²) in [6.07, 6.45) is 1.29. The number of halogens is 1. The molecule has 1 saturated heterocycles. The lowest BCUT2D eigenvalue weighted by molar-refractivity contribution is -0.132. The Morgan fingerprint density at radius 1 is 1.19 bits per heavy atom. The molecule has 1 aliphatic heterocycles. The Hall–Kier alpha value is -3.42. The maximum Gasteiger partial charge on any atom is 0.260 e. The minimum absolute atomic E-state index is 0.00807. The fourth-order valence-electron chi connectivity index (χ4n) is 3.46. The zero-order chi connectivity index (χ0) is 21.6. The minimum Gasteiger partial charge on any atom is -0.493 e. The molecule has 0 spiro atoms. The van der Waals surface area contributed by atoms with Crippen LogP contribution < -0.4 is 9.47 Å². The van der Waals surface area contributed by atoms with Crippen molar-refractivity contribution in [1.82, 2.24) is 15.0 Å². The van der Waals surface area contributed by atoms with E-state index in [-0.39, 0.29) is 24.2 Å². The third-order valence-electron chi connectivity index (χ3n) is 5.13. The molecule has 0 bridgehead atoms. The van der Waals surface area contributed by atoms with Crippen LogP contribution in [-0.4, -0.2) is 47.3 Å². The first-order chi connectivity index (χ1) is 15.1. The average Bonchev–Trinajstić information content (AvgIpc) is 3.43. The Bertz CT molecular complexity index is 1020. The molecule has 1 fully saturated rings. The molecular formula is C23H24FN3O4. The van der Waals surface area contributed by atoms with Crippen molar-refractivity contribution in [1.29, 1.82) is 0 Å². The van der Waals surface area contributed by atoms with Gasteiger partial charge in [-0.05, 0) is 55.3 Å². The van der Waals surface area contributed by atoms with Crippen LogP contribution in [0, 0.1) is 12.7 Å². The van der Waals surface area contributed by atoms with E-state index < -0.39 is 0 Å². The van der Waals surface area contributed by atoms with Gasteiger partial charge in [0.2, 0.25) is 5.89 Å². The lowest BCUT2D eigenvalue weighted by Crippen LogP contribution is -2.32. The predicted octanol–water partition coefficient (Wildman–Crippen LogP) is 3.53. The zero-order valence-electron chi connectivity index (χ0n) is 17.3. The molecular weight excluding hydrogens is 401 g/mol. The number of carbonyl (C=O) groups excluding carboxylic acids is 1. The Labute approximate surface area is 179 Å². The topological polar surface area (TPSA) is 77.7 Å². The fourth-order valence-corrected chi connectivity index (χ4v) is 3.46. The van der Waals surface area contributed by atoms with Gasteiger partial charge in [-0.2, -0.15) is 4.98 Å². The van der Waals surface area contributed by atoms with Crippen LogP contribution in [0.4, 0.5) is 4.39 Å². The molecule has 1 unspecified atom stereocenters. The number of ether oxygens (including phenoxy) is 2. The van der Waals surface area contributed by atoms with Crippen LogP contribution >= 0.6 is 0 Å². The van der Waals surface area contributed by atoms with E-state index in [1.165, 1.54) is 24.3 Å². The third kappa shape index (κ3) is 5.59. The second kappa shape index (κ2) is 9.59. The summed E-state index contributed by atoms with van der Waals surface area (Å²) in [6.45, 7) is 3.49. The molecule has 162 valence electrons. The predicted molar refractivity (Wildman–Crippen MR) is 111 cm³/mol. The van der Waals surface area contributed by atoms with Crippen molar-refractivity contribution in [2.24, 2.45) is 0 Å². The van der Waals surface area contributed by atoms with E-state index in [9.17, 15) is 9.18 Å². The molecule has 2 aromatic carbocycles.